The van der Waals surface area contributed by atoms with Gasteiger partial charge in [0.15, 0.2) is 0 Å². The Morgan fingerprint density at radius 3 is 2.70 bits per heavy atom. The molecule has 0 aliphatic carbocycles. The Labute approximate surface area is 176 Å². The maximum atomic E-state index is 11.0. The zero-order valence-electron chi connectivity index (χ0n) is 16.0. The molecule has 1 aliphatic heterocycles. The van der Waals surface area contributed by atoms with E-state index in [9.17, 15) is 10.1 Å². The molecule has 7 nitrogen and oxygen atoms in total. The summed E-state index contributed by atoms with van der Waals surface area (Å²) in [6.45, 7) is 2.98. The first-order chi connectivity index (χ1) is 14.7. The number of fused-ring (bicyclic) bond motifs is 2. The number of thiazole rings is 1. The fraction of sp³-hybridized carbons (Fsp3) is 0.182. The van der Waals surface area contributed by atoms with Crippen LogP contribution in [0, 0.1) is 10.1 Å². The number of pyridine rings is 1. The van der Waals surface area contributed by atoms with Gasteiger partial charge in [-0.1, -0.05) is 18.2 Å². The first-order valence-electron chi connectivity index (χ1n) is 9.63. The third-order valence-corrected chi connectivity index (χ3v) is 6.05. The van der Waals surface area contributed by atoms with Crippen LogP contribution in [-0.4, -0.2) is 41.2 Å². The van der Waals surface area contributed by atoms with Crippen LogP contribution in [0.4, 0.5) is 11.5 Å². The van der Waals surface area contributed by atoms with Gasteiger partial charge in [-0.2, -0.15) is 0 Å². The van der Waals surface area contributed by atoms with E-state index in [1.165, 1.54) is 23.5 Å². The summed E-state index contributed by atoms with van der Waals surface area (Å²) >= 11 is 1.51. The molecule has 0 radical (unpaired) electrons. The molecule has 0 atom stereocenters. The molecule has 150 valence electrons. The molecule has 5 rings (SSSR count). The van der Waals surface area contributed by atoms with Gasteiger partial charge in [0.2, 0.25) is 0 Å². The topological polar surface area (TPSA) is 81.4 Å². The highest BCUT2D eigenvalue weighted by atomic mass is 32.1. The lowest BCUT2D eigenvalue weighted by Gasteiger charge is -2.29. The second-order valence-electron chi connectivity index (χ2n) is 6.99. The smallest absolute Gasteiger partial charge is 0.271 e. The lowest BCUT2D eigenvalue weighted by Crippen LogP contribution is -2.37. The van der Waals surface area contributed by atoms with Gasteiger partial charge in [0, 0.05) is 36.2 Å². The average molecular weight is 418 g/mol. The first kappa shape index (κ1) is 18.7. The van der Waals surface area contributed by atoms with Crippen molar-refractivity contribution in [2.24, 2.45) is 0 Å². The van der Waals surface area contributed by atoms with Gasteiger partial charge in [-0.15, -0.1) is 11.3 Å². The van der Waals surface area contributed by atoms with Crippen LogP contribution in [0.5, 0.6) is 0 Å². The van der Waals surface area contributed by atoms with Crippen molar-refractivity contribution >= 4 is 56.1 Å². The van der Waals surface area contributed by atoms with Crippen molar-refractivity contribution in [2.45, 2.75) is 0 Å². The van der Waals surface area contributed by atoms with Crippen molar-refractivity contribution in [1.29, 1.82) is 0 Å². The van der Waals surface area contributed by atoms with Crippen LogP contribution in [0.3, 0.4) is 0 Å². The van der Waals surface area contributed by atoms with E-state index < -0.39 is 4.92 Å². The summed E-state index contributed by atoms with van der Waals surface area (Å²) in [7, 11) is 0. The van der Waals surface area contributed by atoms with E-state index in [-0.39, 0.29) is 5.69 Å². The van der Waals surface area contributed by atoms with Gasteiger partial charge in [-0.05, 0) is 30.4 Å². The lowest BCUT2D eigenvalue weighted by molar-refractivity contribution is -0.384. The van der Waals surface area contributed by atoms with Gasteiger partial charge in [-0.3, -0.25) is 10.1 Å². The number of ether oxygens (including phenoxy) is 1. The van der Waals surface area contributed by atoms with E-state index in [4.69, 9.17) is 9.72 Å². The Balaban J connectivity index is 1.54. The van der Waals surface area contributed by atoms with Gasteiger partial charge in [0.05, 0.1) is 33.9 Å². The average Bonchev–Trinajstić information content (AvgIpc) is 3.20. The van der Waals surface area contributed by atoms with Gasteiger partial charge >= 0.3 is 0 Å². The molecule has 2 aromatic carbocycles. The van der Waals surface area contributed by atoms with Crippen molar-refractivity contribution in [3.05, 3.63) is 69.2 Å². The number of hydrogen-bond donors (Lipinski definition) is 0. The third kappa shape index (κ3) is 3.62. The Hall–Kier alpha value is -3.36. The molecule has 1 fully saturated rings. The molecular formula is C22H18N4O3S. The second kappa shape index (κ2) is 7.81. The molecule has 0 saturated carbocycles. The highest BCUT2D eigenvalue weighted by Gasteiger charge is 2.16. The molecule has 0 amide bonds. The molecule has 1 aliphatic rings. The first-order valence-corrected chi connectivity index (χ1v) is 10.4. The number of non-ortho nitro benzene ring substituents is 1. The summed E-state index contributed by atoms with van der Waals surface area (Å²) in [5.74, 6) is 0.935. The van der Waals surface area contributed by atoms with Crippen LogP contribution >= 0.6 is 11.3 Å². The Kier molecular flexibility index (Phi) is 4.86. The lowest BCUT2D eigenvalue weighted by atomic mass is 10.1. The normalized spacial score (nSPS) is 14.7. The molecule has 30 heavy (non-hydrogen) atoms. The fourth-order valence-electron chi connectivity index (χ4n) is 3.55. The van der Waals surface area contributed by atoms with Crippen LogP contribution in [0.15, 0.2) is 48.5 Å². The minimum atomic E-state index is -0.399. The summed E-state index contributed by atoms with van der Waals surface area (Å²) in [4.78, 5) is 22.3. The number of nitro groups is 1. The highest BCUT2D eigenvalue weighted by molar-refractivity contribution is 7.19. The summed E-state index contributed by atoms with van der Waals surface area (Å²) < 4.78 is 6.42. The van der Waals surface area contributed by atoms with E-state index in [1.54, 1.807) is 6.07 Å². The highest BCUT2D eigenvalue weighted by Crippen LogP contribution is 2.29. The quantitative estimate of drug-likeness (QED) is 0.351. The summed E-state index contributed by atoms with van der Waals surface area (Å²) in [6, 6.07) is 15.0. The monoisotopic (exact) mass is 418 g/mol. The molecule has 4 aromatic rings. The van der Waals surface area contributed by atoms with E-state index in [0.29, 0.717) is 18.7 Å². The maximum absolute atomic E-state index is 11.0. The summed E-state index contributed by atoms with van der Waals surface area (Å²) in [5, 5.41) is 12.9. The number of nitro benzene ring substituents is 1. The second-order valence-corrected chi connectivity index (χ2v) is 8.05. The predicted molar refractivity (Wildman–Crippen MR) is 120 cm³/mol. The third-order valence-electron chi connectivity index (χ3n) is 5.05. The van der Waals surface area contributed by atoms with Crippen molar-refractivity contribution < 1.29 is 9.66 Å². The molecular weight excluding hydrogens is 400 g/mol. The van der Waals surface area contributed by atoms with Crippen molar-refractivity contribution in [3.8, 4) is 0 Å². The van der Waals surface area contributed by atoms with Crippen LogP contribution in [0.25, 0.3) is 33.3 Å². The molecule has 0 spiro atoms. The minimum absolute atomic E-state index is 0.0525. The predicted octanol–water partition coefficient (Wildman–Crippen LogP) is 4.76. The molecule has 2 aromatic heterocycles. The number of morpholine rings is 1. The molecule has 0 N–H and O–H groups in total. The summed E-state index contributed by atoms with van der Waals surface area (Å²) in [5.41, 5.74) is 2.67. The number of rotatable bonds is 4. The van der Waals surface area contributed by atoms with Gasteiger partial charge in [0.1, 0.15) is 10.8 Å². The van der Waals surface area contributed by atoms with Crippen molar-refractivity contribution in [3.63, 3.8) is 0 Å². The van der Waals surface area contributed by atoms with Crippen LogP contribution in [0.1, 0.15) is 10.6 Å². The zero-order valence-corrected chi connectivity index (χ0v) is 16.8. The molecule has 3 heterocycles. The molecule has 0 bridgehead atoms. The largest absolute Gasteiger partial charge is 0.378 e. The fourth-order valence-corrected chi connectivity index (χ4v) is 4.40. The number of aromatic nitrogens is 2. The molecule has 8 heteroatoms. The number of nitrogens with zero attached hydrogens (tertiary/aromatic N) is 4. The van der Waals surface area contributed by atoms with E-state index >= 15 is 0 Å². The number of para-hydroxylation sites is 1. The number of anilines is 1. The van der Waals surface area contributed by atoms with E-state index in [0.717, 1.165) is 45.1 Å². The summed E-state index contributed by atoms with van der Waals surface area (Å²) in [6.07, 6.45) is 3.97. The Morgan fingerprint density at radius 1 is 1.03 bits per heavy atom. The van der Waals surface area contributed by atoms with Gasteiger partial charge in [0.25, 0.3) is 5.69 Å². The van der Waals surface area contributed by atoms with E-state index in [1.807, 2.05) is 30.4 Å². The minimum Gasteiger partial charge on any atom is -0.378 e. The Bertz CT molecular complexity index is 1280. The maximum Gasteiger partial charge on any atom is 0.271 e. The van der Waals surface area contributed by atoms with Crippen LogP contribution < -0.4 is 4.90 Å². The zero-order chi connectivity index (χ0) is 20.5. The number of benzene rings is 2. The van der Waals surface area contributed by atoms with Crippen molar-refractivity contribution in [2.75, 3.05) is 31.2 Å². The molecule has 1 saturated heterocycles. The Morgan fingerprint density at radius 2 is 1.87 bits per heavy atom. The molecule has 0 unspecified atom stereocenters. The van der Waals surface area contributed by atoms with Crippen LogP contribution in [0.2, 0.25) is 0 Å². The van der Waals surface area contributed by atoms with Gasteiger partial charge < -0.3 is 9.64 Å². The standard InChI is InChI=1S/C22H18N4O3S/c27-26(28)17-6-7-20-19(14-17)23-21(30-20)8-5-16-13-15-3-1-2-4-18(15)24-22(16)25-9-11-29-12-10-25/h1-8,13-14H,9-12H2/b8-5+. The SMILES string of the molecule is O=[N+]([O-])c1ccc2sc(/C=C/c3cc4ccccc4nc3N3CCOCC3)nc2c1. The number of hydrogen-bond acceptors (Lipinski definition) is 7. The van der Waals surface area contributed by atoms with Crippen molar-refractivity contribution in [1.82, 2.24) is 9.97 Å². The van der Waals surface area contributed by atoms with E-state index in [2.05, 4.69) is 22.0 Å². The van der Waals surface area contributed by atoms with Gasteiger partial charge in [-0.25, -0.2) is 9.97 Å². The van der Waals surface area contributed by atoms with Crippen LogP contribution in [-0.2, 0) is 4.74 Å².